The van der Waals surface area contributed by atoms with Crippen molar-refractivity contribution in [1.82, 2.24) is 9.88 Å². The molecule has 254 valence electrons. The molecule has 3 amide bonds. The number of aliphatic hydroxyl groups is 2. The van der Waals surface area contributed by atoms with Gasteiger partial charge < -0.3 is 30.3 Å². The van der Waals surface area contributed by atoms with Crippen molar-refractivity contribution in [2.24, 2.45) is 5.92 Å². The van der Waals surface area contributed by atoms with Crippen LogP contribution >= 0.6 is 0 Å². The number of para-hydroxylation sites is 1. The van der Waals surface area contributed by atoms with E-state index >= 15 is 0 Å². The van der Waals surface area contributed by atoms with Crippen molar-refractivity contribution < 1.29 is 24.6 Å². The van der Waals surface area contributed by atoms with Crippen LogP contribution in [-0.4, -0.2) is 63.6 Å². The van der Waals surface area contributed by atoms with Gasteiger partial charge in [-0.15, -0.1) is 0 Å². The van der Waals surface area contributed by atoms with Gasteiger partial charge in [-0.2, -0.15) is 0 Å². The van der Waals surface area contributed by atoms with Crippen molar-refractivity contribution in [2.75, 3.05) is 29.9 Å². The number of nitrogens with one attached hydrogen (secondary N) is 2. The Balaban J connectivity index is 1.38. The number of rotatable bonds is 13. The smallest absolute Gasteiger partial charge is 0.264 e. The highest BCUT2D eigenvalue weighted by atomic mass is 16.3. The van der Waals surface area contributed by atoms with Crippen LogP contribution in [0.2, 0.25) is 0 Å². The molecule has 1 saturated heterocycles. The Morgan fingerprint density at radius 1 is 1.15 bits per heavy atom. The number of nitrogens with zero attached hydrogens (tertiary/aromatic N) is 2. The minimum atomic E-state index is -1.91. The molecule has 9 nitrogen and oxygen atoms in total. The fourth-order valence-corrected chi connectivity index (χ4v) is 6.78. The first-order chi connectivity index (χ1) is 23.0. The van der Waals surface area contributed by atoms with Crippen molar-refractivity contribution in [3.05, 3.63) is 95.2 Å². The summed E-state index contributed by atoms with van der Waals surface area (Å²) in [6.07, 6.45) is 13.2. The normalized spacial score (nSPS) is 20.1. The van der Waals surface area contributed by atoms with Crippen LogP contribution in [0.4, 0.5) is 11.4 Å². The second-order valence-electron chi connectivity index (χ2n) is 13.4. The lowest BCUT2D eigenvalue weighted by Crippen LogP contribution is -2.44. The molecular weight excluding hydrogens is 604 g/mol. The maximum Gasteiger partial charge on any atom is 0.264 e. The van der Waals surface area contributed by atoms with Gasteiger partial charge in [0.1, 0.15) is 0 Å². The van der Waals surface area contributed by atoms with Gasteiger partial charge in [-0.05, 0) is 76.3 Å². The predicted molar refractivity (Wildman–Crippen MR) is 190 cm³/mol. The molecule has 0 spiro atoms. The molecular formula is C39H48N4O5. The largest absolute Gasteiger partial charge is 0.394 e. The van der Waals surface area contributed by atoms with Gasteiger partial charge in [-0.1, -0.05) is 60.6 Å². The molecule has 0 unspecified atom stereocenters. The second kappa shape index (κ2) is 15.2. The molecule has 3 atom stereocenters. The summed E-state index contributed by atoms with van der Waals surface area (Å²) in [6, 6.07) is 12.9. The number of benzene rings is 2. The third kappa shape index (κ3) is 7.48. The molecule has 2 aliphatic heterocycles. The van der Waals surface area contributed by atoms with Gasteiger partial charge in [0, 0.05) is 53.8 Å². The minimum absolute atomic E-state index is 0.0593. The summed E-state index contributed by atoms with van der Waals surface area (Å²) < 4.78 is 0. The lowest BCUT2D eigenvalue weighted by Gasteiger charge is -2.28. The number of amides is 3. The fourth-order valence-electron chi connectivity index (χ4n) is 6.78. The lowest BCUT2D eigenvalue weighted by atomic mass is 9.82. The molecule has 1 fully saturated rings. The average Bonchev–Trinajstić information content (AvgIpc) is 3.76. The standard InChI is InChI=1S/C39H48N4O5/c1-26(2)10-7-11-27(3)19-21-43-35-18-17-30(41-36(45)22-29-24-40-34-15-6-5-14-32(29)34)23-33(35)39(48,38(43)47)28(4)12-8-16-37(46)42-20-9-13-31(42)25-44/h5-6,8,10,12,14-15,17-19,23-24,28,31,40,44,48H,7,9,11,13,16,20-22,25H2,1-4H3,(H,41,45)/b12-8+,27-19+/t28-,31-,39+/m0/s1. The summed E-state index contributed by atoms with van der Waals surface area (Å²) in [6.45, 7) is 8.81. The van der Waals surface area contributed by atoms with E-state index < -0.39 is 17.4 Å². The average molecular weight is 653 g/mol. The molecule has 2 aliphatic rings. The molecule has 2 aromatic carbocycles. The highest BCUT2D eigenvalue weighted by Gasteiger charge is 2.52. The zero-order chi connectivity index (χ0) is 34.4. The molecule has 0 radical (unpaired) electrons. The zero-order valence-corrected chi connectivity index (χ0v) is 28.5. The maximum atomic E-state index is 14.1. The van der Waals surface area contributed by atoms with Crippen LogP contribution in [0.25, 0.3) is 10.9 Å². The fraction of sp³-hybridized carbons (Fsp3) is 0.410. The van der Waals surface area contributed by atoms with Crippen molar-refractivity contribution in [2.45, 2.75) is 77.9 Å². The van der Waals surface area contributed by atoms with Gasteiger partial charge in [0.25, 0.3) is 5.91 Å². The molecule has 1 aromatic heterocycles. The Morgan fingerprint density at radius 3 is 2.71 bits per heavy atom. The first kappa shape index (κ1) is 34.9. The number of hydrogen-bond acceptors (Lipinski definition) is 5. The zero-order valence-electron chi connectivity index (χ0n) is 28.5. The maximum absolute atomic E-state index is 14.1. The van der Waals surface area contributed by atoms with Crippen LogP contribution in [-0.2, 0) is 26.4 Å². The van der Waals surface area contributed by atoms with E-state index in [-0.39, 0.29) is 37.3 Å². The summed E-state index contributed by atoms with van der Waals surface area (Å²) >= 11 is 0. The van der Waals surface area contributed by atoms with E-state index in [0.29, 0.717) is 30.0 Å². The Hall–Kier alpha value is -4.47. The number of hydrogen-bond donors (Lipinski definition) is 4. The quantitative estimate of drug-likeness (QED) is 0.165. The summed E-state index contributed by atoms with van der Waals surface area (Å²) in [5.41, 5.74) is 3.82. The molecule has 4 N–H and O–H groups in total. The van der Waals surface area contributed by atoms with Crippen molar-refractivity contribution in [3.8, 4) is 0 Å². The van der Waals surface area contributed by atoms with E-state index in [0.717, 1.165) is 47.7 Å². The number of aromatic amines is 1. The molecule has 5 rings (SSSR count). The minimum Gasteiger partial charge on any atom is -0.394 e. The summed E-state index contributed by atoms with van der Waals surface area (Å²) in [5, 5.41) is 25.8. The van der Waals surface area contributed by atoms with Gasteiger partial charge in [0.2, 0.25) is 11.8 Å². The SMILES string of the molecule is CC(C)=CCC/C(C)=C/CN1C(=O)[C@@](O)([C@@H](C)/C=C/CC(=O)N2CCC[C@H]2CO)c2cc(NC(=O)Cc3c[nH]c4ccccc34)ccc21. The van der Waals surface area contributed by atoms with Crippen molar-refractivity contribution in [1.29, 1.82) is 0 Å². The Morgan fingerprint density at radius 2 is 1.94 bits per heavy atom. The summed E-state index contributed by atoms with van der Waals surface area (Å²) in [7, 11) is 0. The van der Waals surface area contributed by atoms with Crippen LogP contribution in [0, 0.1) is 5.92 Å². The molecule has 9 heteroatoms. The van der Waals surface area contributed by atoms with Crippen LogP contribution in [0.15, 0.2) is 84.1 Å². The Bertz CT molecular complexity index is 1750. The lowest BCUT2D eigenvalue weighted by molar-refractivity contribution is -0.139. The van der Waals surface area contributed by atoms with E-state index in [9.17, 15) is 24.6 Å². The van der Waals surface area contributed by atoms with Crippen LogP contribution in [0.5, 0.6) is 0 Å². The van der Waals surface area contributed by atoms with Gasteiger partial charge >= 0.3 is 0 Å². The van der Waals surface area contributed by atoms with E-state index in [4.69, 9.17) is 0 Å². The number of likely N-dealkylation sites (tertiary alicyclic amines) is 1. The Labute approximate surface area is 283 Å². The van der Waals surface area contributed by atoms with Crippen LogP contribution in [0.3, 0.4) is 0 Å². The molecule has 0 aliphatic carbocycles. The van der Waals surface area contributed by atoms with E-state index in [2.05, 4.69) is 30.2 Å². The van der Waals surface area contributed by atoms with Gasteiger partial charge in [-0.3, -0.25) is 14.4 Å². The molecule has 0 saturated carbocycles. The third-order valence-corrected chi connectivity index (χ3v) is 9.58. The predicted octanol–water partition coefficient (Wildman–Crippen LogP) is 6.14. The molecule has 3 heterocycles. The van der Waals surface area contributed by atoms with E-state index in [1.165, 1.54) is 5.57 Å². The second-order valence-corrected chi connectivity index (χ2v) is 13.4. The van der Waals surface area contributed by atoms with Crippen LogP contribution in [0.1, 0.15) is 70.9 Å². The number of H-pyrrole nitrogens is 1. The first-order valence-corrected chi connectivity index (χ1v) is 16.9. The summed E-state index contributed by atoms with van der Waals surface area (Å²) in [4.78, 5) is 46.7. The molecule has 0 bridgehead atoms. The van der Waals surface area contributed by atoms with Crippen LogP contribution < -0.4 is 10.2 Å². The van der Waals surface area contributed by atoms with E-state index in [1.807, 2.05) is 43.5 Å². The first-order valence-electron chi connectivity index (χ1n) is 16.9. The van der Waals surface area contributed by atoms with E-state index in [1.54, 1.807) is 47.1 Å². The monoisotopic (exact) mass is 652 g/mol. The molecule has 3 aromatic rings. The number of aromatic nitrogens is 1. The highest BCUT2D eigenvalue weighted by Crippen LogP contribution is 2.46. The number of fused-ring (bicyclic) bond motifs is 2. The third-order valence-electron chi connectivity index (χ3n) is 9.58. The van der Waals surface area contributed by atoms with Crippen molar-refractivity contribution in [3.63, 3.8) is 0 Å². The number of carbonyl (C=O) groups excluding carboxylic acids is 3. The Kier molecular flexibility index (Phi) is 11.0. The molecule has 48 heavy (non-hydrogen) atoms. The van der Waals surface area contributed by atoms with Gasteiger partial charge in [-0.25, -0.2) is 0 Å². The highest BCUT2D eigenvalue weighted by molar-refractivity contribution is 6.08. The van der Waals surface area contributed by atoms with Gasteiger partial charge in [0.15, 0.2) is 5.60 Å². The summed E-state index contributed by atoms with van der Waals surface area (Å²) in [5.74, 6) is -1.42. The number of carbonyl (C=O) groups is 3. The topological polar surface area (TPSA) is 126 Å². The van der Waals surface area contributed by atoms with Crippen molar-refractivity contribution >= 4 is 40.0 Å². The van der Waals surface area contributed by atoms with Gasteiger partial charge in [0.05, 0.1) is 24.8 Å². The number of aliphatic hydroxyl groups excluding tert-OH is 1. The number of anilines is 2. The number of allylic oxidation sites excluding steroid dienone is 3.